The molecule has 4 nitrogen and oxygen atoms in total. The highest BCUT2D eigenvalue weighted by Crippen LogP contribution is 2.19. The third kappa shape index (κ3) is 3.93. The lowest BCUT2D eigenvalue weighted by molar-refractivity contribution is -0.130. The smallest absolute Gasteiger partial charge is 0.241 e. The topological polar surface area (TPSA) is 35.6 Å². The molecule has 0 aromatic rings. The minimum atomic E-state index is 0.00825. The molecule has 4 unspecified atom stereocenters. The summed E-state index contributed by atoms with van der Waals surface area (Å²) < 4.78 is 0. The van der Waals surface area contributed by atoms with Crippen LogP contribution < -0.4 is 5.32 Å². The van der Waals surface area contributed by atoms with Gasteiger partial charge in [0.25, 0.3) is 0 Å². The molecule has 0 aromatic heterocycles. The van der Waals surface area contributed by atoms with E-state index < -0.39 is 0 Å². The van der Waals surface area contributed by atoms with Crippen LogP contribution in [0.5, 0.6) is 0 Å². The van der Waals surface area contributed by atoms with E-state index in [1.807, 2.05) is 4.90 Å². The van der Waals surface area contributed by atoms with Crippen LogP contribution in [0.3, 0.4) is 0 Å². The number of hydrogen-bond donors (Lipinski definition) is 1. The Hall–Kier alpha value is -0.610. The number of likely N-dealkylation sites (N-methyl/N-ethyl adjacent to an activating group) is 1. The Morgan fingerprint density at radius 3 is 2.47 bits per heavy atom. The molecule has 0 aliphatic carbocycles. The Balaban J connectivity index is 2.52. The summed E-state index contributed by atoms with van der Waals surface area (Å²) in [7, 11) is 2.14. The first-order chi connectivity index (χ1) is 8.92. The van der Waals surface area contributed by atoms with E-state index in [0.29, 0.717) is 12.0 Å². The zero-order valence-corrected chi connectivity index (χ0v) is 13.4. The lowest BCUT2D eigenvalue weighted by Gasteiger charge is -2.28. The number of hydrogen-bond acceptors (Lipinski definition) is 3. The van der Waals surface area contributed by atoms with Crippen molar-refractivity contribution in [3.8, 4) is 0 Å². The number of rotatable bonds is 7. The van der Waals surface area contributed by atoms with E-state index >= 15 is 0 Å². The molecular weight excluding hydrogens is 238 g/mol. The molecule has 1 rings (SSSR count). The van der Waals surface area contributed by atoms with Crippen molar-refractivity contribution in [2.75, 3.05) is 20.1 Å². The third-order valence-electron chi connectivity index (χ3n) is 4.69. The maximum Gasteiger partial charge on any atom is 0.241 e. The summed E-state index contributed by atoms with van der Waals surface area (Å²) in [5.74, 6) is 0.687. The number of carbonyl (C=O) groups is 1. The molecule has 0 bridgehead atoms. The molecule has 0 aromatic carbocycles. The van der Waals surface area contributed by atoms with Crippen LogP contribution in [0, 0.1) is 5.92 Å². The number of amides is 1. The molecule has 1 saturated heterocycles. The highest BCUT2D eigenvalue weighted by molar-refractivity contribution is 5.84. The molecule has 1 heterocycles. The van der Waals surface area contributed by atoms with E-state index in [1.54, 1.807) is 0 Å². The van der Waals surface area contributed by atoms with E-state index in [0.717, 1.165) is 25.9 Å². The predicted octanol–water partition coefficient (Wildman–Crippen LogP) is 1.91. The van der Waals surface area contributed by atoms with Crippen LogP contribution in [0.15, 0.2) is 0 Å². The van der Waals surface area contributed by atoms with Gasteiger partial charge in [-0.1, -0.05) is 27.2 Å². The zero-order valence-electron chi connectivity index (χ0n) is 13.4. The van der Waals surface area contributed by atoms with Crippen molar-refractivity contribution < 1.29 is 4.79 Å². The van der Waals surface area contributed by atoms with Crippen molar-refractivity contribution in [2.45, 2.75) is 65.7 Å². The minimum absolute atomic E-state index is 0.00825. The second-order valence-electron chi connectivity index (χ2n) is 5.98. The van der Waals surface area contributed by atoms with Gasteiger partial charge in [0.15, 0.2) is 0 Å². The van der Waals surface area contributed by atoms with Crippen LogP contribution in [0.4, 0.5) is 0 Å². The van der Waals surface area contributed by atoms with E-state index in [4.69, 9.17) is 0 Å². The van der Waals surface area contributed by atoms with Gasteiger partial charge in [-0.15, -0.1) is 0 Å². The van der Waals surface area contributed by atoms with E-state index in [1.165, 1.54) is 0 Å². The summed E-state index contributed by atoms with van der Waals surface area (Å²) >= 11 is 0. The molecule has 19 heavy (non-hydrogen) atoms. The molecular formula is C15H31N3O. The number of nitrogens with zero attached hydrogens (tertiary/aromatic N) is 2. The fraction of sp³-hybridized carbons (Fsp3) is 0.933. The third-order valence-corrected chi connectivity index (χ3v) is 4.69. The van der Waals surface area contributed by atoms with Crippen LogP contribution in [0.25, 0.3) is 0 Å². The fourth-order valence-electron chi connectivity index (χ4n) is 2.54. The Labute approximate surface area is 118 Å². The molecule has 0 radical (unpaired) electrons. The molecule has 1 fully saturated rings. The molecule has 4 heteroatoms. The molecule has 0 spiro atoms. The van der Waals surface area contributed by atoms with Crippen molar-refractivity contribution in [2.24, 2.45) is 5.92 Å². The fourth-order valence-corrected chi connectivity index (χ4v) is 2.54. The monoisotopic (exact) mass is 269 g/mol. The quantitative estimate of drug-likeness (QED) is 0.767. The van der Waals surface area contributed by atoms with Crippen LogP contribution in [0.2, 0.25) is 0 Å². The van der Waals surface area contributed by atoms with Gasteiger partial charge in [-0.2, -0.15) is 0 Å². The maximum atomic E-state index is 12.4. The number of nitrogens with one attached hydrogen (secondary N) is 1. The molecule has 0 saturated carbocycles. The first-order valence-electron chi connectivity index (χ1n) is 7.69. The Morgan fingerprint density at radius 2 is 1.95 bits per heavy atom. The Morgan fingerprint density at radius 1 is 1.32 bits per heavy atom. The second kappa shape index (κ2) is 7.25. The summed E-state index contributed by atoms with van der Waals surface area (Å²) in [4.78, 5) is 16.7. The number of carbonyl (C=O) groups excluding carboxylic acids is 1. The molecule has 1 aliphatic rings. The largest absolute Gasteiger partial charge is 0.325 e. The Bertz CT molecular complexity index is 295. The van der Waals surface area contributed by atoms with E-state index in [2.05, 4.69) is 51.9 Å². The lowest BCUT2D eigenvalue weighted by Crippen LogP contribution is -2.42. The molecule has 1 N–H and O–H groups in total. The lowest BCUT2D eigenvalue weighted by atomic mass is 9.99. The van der Waals surface area contributed by atoms with Gasteiger partial charge in [0.2, 0.25) is 5.91 Å². The van der Waals surface area contributed by atoms with Gasteiger partial charge >= 0.3 is 0 Å². The van der Waals surface area contributed by atoms with E-state index in [9.17, 15) is 4.79 Å². The first kappa shape index (κ1) is 16.4. The summed E-state index contributed by atoms with van der Waals surface area (Å²) in [5, 5.41) is 3.43. The first-order valence-corrected chi connectivity index (χ1v) is 7.69. The normalized spacial score (nSPS) is 27.1. The van der Waals surface area contributed by atoms with Gasteiger partial charge in [-0.25, -0.2) is 0 Å². The molecule has 4 atom stereocenters. The predicted molar refractivity (Wildman–Crippen MR) is 79.9 cm³/mol. The summed E-state index contributed by atoms with van der Waals surface area (Å²) in [6, 6.07) is 0.584. The Kier molecular flexibility index (Phi) is 6.27. The van der Waals surface area contributed by atoms with Crippen molar-refractivity contribution in [1.29, 1.82) is 0 Å². The van der Waals surface area contributed by atoms with Gasteiger partial charge in [-0.3, -0.25) is 10.1 Å². The van der Waals surface area contributed by atoms with Crippen molar-refractivity contribution in [3.63, 3.8) is 0 Å². The van der Waals surface area contributed by atoms with Gasteiger partial charge < -0.3 is 9.80 Å². The highest BCUT2D eigenvalue weighted by Gasteiger charge is 2.38. The summed E-state index contributed by atoms with van der Waals surface area (Å²) in [6.07, 6.45) is 2.35. The van der Waals surface area contributed by atoms with Crippen molar-refractivity contribution >= 4 is 5.91 Å². The molecule has 1 aliphatic heterocycles. The van der Waals surface area contributed by atoms with Crippen molar-refractivity contribution in [3.05, 3.63) is 0 Å². The van der Waals surface area contributed by atoms with Crippen LogP contribution >= 0.6 is 0 Å². The average molecular weight is 269 g/mol. The van der Waals surface area contributed by atoms with E-state index in [-0.39, 0.29) is 18.1 Å². The zero-order chi connectivity index (χ0) is 14.6. The highest BCUT2D eigenvalue weighted by atomic mass is 16.2. The van der Waals surface area contributed by atoms with Crippen molar-refractivity contribution in [1.82, 2.24) is 15.1 Å². The van der Waals surface area contributed by atoms with Crippen LogP contribution in [-0.4, -0.2) is 54.1 Å². The second-order valence-corrected chi connectivity index (χ2v) is 5.98. The minimum Gasteiger partial charge on any atom is -0.325 e. The van der Waals surface area contributed by atoms with Crippen LogP contribution in [0.1, 0.15) is 47.5 Å². The SMILES string of the molecule is CCC(C)C1NC(C)N(CCN(C)C(C)CC)C1=O. The van der Waals surface area contributed by atoms with Gasteiger partial charge in [0, 0.05) is 19.1 Å². The summed E-state index contributed by atoms with van der Waals surface area (Å²) in [5.41, 5.74) is 0. The molecule has 112 valence electrons. The van der Waals surface area contributed by atoms with Gasteiger partial charge in [0.1, 0.15) is 0 Å². The van der Waals surface area contributed by atoms with Gasteiger partial charge in [-0.05, 0) is 33.2 Å². The molecule has 1 amide bonds. The average Bonchev–Trinajstić information content (AvgIpc) is 2.69. The maximum absolute atomic E-state index is 12.4. The van der Waals surface area contributed by atoms with Gasteiger partial charge in [0.05, 0.1) is 12.2 Å². The summed E-state index contributed by atoms with van der Waals surface area (Å²) in [6.45, 7) is 12.6. The standard InChI is InChI=1S/C15H31N3O/c1-7-11(3)14-15(19)18(13(5)16-14)10-9-17(6)12(4)8-2/h11-14,16H,7-10H2,1-6H3. The van der Waals surface area contributed by atoms with Crippen LogP contribution in [-0.2, 0) is 4.79 Å².